The van der Waals surface area contributed by atoms with Gasteiger partial charge < -0.3 is 9.26 Å². The summed E-state index contributed by atoms with van der Waals surface area (Å²) >= 11 is 0. The molecule has 0 aromatic carbocycles. The average molecular weight is 363 g/mol. The second-order valence-corrected chi connectivity index (χ2v) is 5.76. The molecule has 0 aliphatic heterocycles. The molecule has 3 heterocycles. The van der Waals surface area contributed by atoms with E-state index in [-0.39, 0.29) is 18.1 Å². The summed E-state index contributed by atoms with van der Waals surface area (Å²) in [5.41, 5.74) is 1.33. The van der Waals surface area contributed by atoms with Gasteiger partial charge >= 0.3 is 6.01 Å². The Morgan fingerprint density at radius 1 is 1.27 bits per heavy atom. The molecule has 0 radical (unpaired) electrons. The molecular formula is C16H15F2N5O3. The number of hydrogen-bond acceptors (Lipinski definition) is 7. The van der Waals surface area contributed by atoms with Gasteiger partial charge in [-0.2, -0.15) is 5.10 Å². The van der Waals surface area contributed by atoms with Gasteiger partial charge in [0.15, 0.2) is 12.4 Å². The summed E-state index contributed by atoms with van der Waals surface area (Å²) in [7, 11) is 0. The molecule has 3 aromatic rings. The van der Waals surface area contributed by atoms with Gasteiger partial charge in [-0.3, -0.25) is 4.79 Å². The molecule has 0 aliphatic rings. The first-order valence-corrected chi connectivity index (χ1v) is 7.63. The van der Waals surface area contributed by atoms with Crippen molar-refractivity contribution in [3.63, 3.8) is 0 Å². The third-order valence-electron chi connectivity index (χ3n) is 3.23. The van der Waals surface area contributed by atoms with Crippen LogP contribution >= 0.6 is 0 Å². The Bertz CT molecular complexity index is 948. The molecule has 3 aromatic heterocycles. The molecule has 0 N–H and O–H groups in total. The van der Waals surface area contributed by atoms with E-state index in [1.165, 1.54) is 29.2 Å². The van der Waals surface area contributed by atoms with Crippen LogP contribution in [0, 0.1) is 6.92 Å². The summed E-state index contributed by atoms with van der Waals surface area (Å²) in [6.07, 6.45) is 2.76. The largest absolute Gasteiger partial charge is 0.457 e. The highest BCUT2D eigenvalue weighted by Crippen LogP contribution is 2.17. The fourth-order valence-electron chi connectivity index (χ4n) is 2.07. The van der Waals surface area contributed by atoms with Gasteiger partial charge in [0.1, 0.15) is 6.54 Å². The number of halogens is 2. The van der Waals surface area contributed by atoms with Crippen molar-refractivity contribution in [2.45, 2.75) is 26.3 Å². The normalized spacial score (nSPS) is 11.5. The van der Waals surface area contributed by atoms with Crippen molar-refractivity contribution in [3.05, 3.63) is 52.4 Å². The van der Waals surface area contributed by atoms with Gasteiger partial charge in [-0.1, -0.05) is 5.16 Å². The molecule has 0 amide bonds. The molecule has 0 saturated heterocycles. The maximum absolute atomic E-state index is 12.8. The molecule has 0 saturated carbocycles. The van der Waals surface area contributed by atoms with E-state index < -0.39 is 12.5 Å². The maximum Gasteiger partial charge on any atom is 0.316 e. The number of rotatable bonds is 6. The SMILES string of the molecule is Cc1cc(Cn2nc(-c3cnc(OCC(C)(F)F)nc3)ccc2=O)on1. The smallest absolute Gasteiger partial charge is 0.316 e. The second kappa shape index (κ2) is 6.98. The summed E-state index contributed by atoms with van der Waals surface area (Å²) in [4.78, 5) is 19.7. The molecule has 0 bridgehead atoms. The number of nitrogens with zero attached hydrogens (tertiary/aromatic N) is 5. The van der Waals surface area contributed by atoms with Crippen molar-refractivity contribution in [3.8, 4) is 17.3 Å². The van der Waals surface area contributed by atoms with Crippen LogP contribution in [-0.2, 0) is 6.54 Å². The topological polar surface area (TPSA) is 95.9 Å². The van der Waals surface area contributed by atoms with Crippen molar-refractivity contribution in [2.24, 2.45) is 0 Å². The Labute approximate surface area is 146 Å². The zero-order valence-corrected chi connectivity index (χ0v) is 14.0. The lowest BCUT2D eigenvalue weighted by Gasteiger charge is -2.10. The van der Waals surface area contributed by atoms with E-state index in [4.69, 9.17) is 9.26 Å². The Morgan fingerprint density at radius 2 is 2.00 bits per heavy atom. The first-order valence-electron chi connectivity index (χ1n) is 7.63. The molecule has 26 heavy (non-hydrogen) atoms. The molecule has 0 unspecified atom stereocenters. The standard InChI is InChI=1S/C16H15F2N5O3/c1-10-5-12(26-22-10)8-23-14(24)4-3-13(21-23)11-6-19-15(20-7-11)25-9-16(2,17)18/h3-7H,8-9H2,1-2H3. The van der Waals surface area contributed by atoms with Gasteiger partial charge in [-0.25, -0.2) is 23.4 Å². The third-order valence-corrected chi connectivity index (χ3v) is 3.23. The van der Waals surface area contributed by atoms with Crippen LogP contribution in [-0.4, -0.2) is 37.4 Å². The van der Waals surface area contributed by atoms with E-state index in [2.05, 4.69) is 20.2 Å². The predicted molar refractivity (Wildman–Crippen MR) is 86.0 cm³/mol. The van der Waals surface area contributed by atoms with Crippen LogP contribution < -0.4 is 10.3 Å². The molecule has 136 valence electrons. The highest BCUT2D eigenvalue weighted by Gasteiger charge is 2.22. The van der Waals surface area contributed by atoms with Gasteiger partial charge in [-0.05, 0) is 13.0 Å². The van der Waals surface area contributed by atoms with Gasteiger partial charge in [0.25, 0.3) is 11.5 Å². The van der Waals surface area contributed by atoms with Crippen LogP contribution in [0.1, 0.15) is 18.4 Å². The quantitative estimate of drug-likeness (QED) is 0.661. The molecular weight excluding hydrogens is 348 g/mol. The molecule has 0 aliphatic carbocycles. The van der Waals surface area contributed by atoms with E-state index in [0.717, 1.165) is 6.92 Å². The van der Waals surface area contributed by atoms with Gasteiger partial charge in [0, 0.05) is 37.0 Å². The minimum Gasteiger partial charge on any atom is -0.457 e. The number of aromatic nitrogens is 5. The summed E-state index contributed by atoms with van der Waals surface area (Å²) in [5, 5.41) is 8.00. The predicted octanol–water partition coefficient (Wildman–Crippen LogP) is 2.08. The van der Waals surface area contributed by atoms with Gasteiger partial charge in [0.2, 0.25) is 0 Å². The lowest BCUT2D eigenvalue weighted by Crippen LogP contribution is -2.22. The molecule has 0 spiro atoms. The Balaban J connectivity index is 1.78. The Kier molecular flexibility index (Phi) is 4.74. The minimum atomic E-state index is -2.97. The van der Waals surface area contributed by atoms with E-state index >= 15 is 0 Å². The van der Waals surface area contributed by atoms with Crippen LogP contribution in [0.25, 0.3) is 11.3 Å². The van der Waals surface area contributed by atoms with Crippen molar-refractivity contribution in [2.75, 3.05) is 6.61 Å². The van der Waals surface area contributed by atoms with Crippen LogP contribution in [0.4, 0.5) is 8.78 Å². The van der Waals surface area contributed by atoms with Crippen LogP contribution in [0.15, 0.2) is 39.9 Å². The van der Waals surface area contributed by atoms with Crippen molar-refractivity contribution in [1.29, 1.82) is 0 Å². The maximum atomic E-state index is 12.8. The number of alkyl halides is 2. The van der Waals surface area contributed by atoms with Crippen molar-refractivity contribution >= 4 is 0 Å². The summed E-state index contributed by atoms with van der Waals surface area (Å²) in [5.74, 6) is -2.48. The van der Waals surface area contributed by atoms with Crippen molar-refractivity contribution < 1.29 is 18.0 Å². The highest BCUT2D eigenvalue weighted by molar-refractivity contribution is 5.55. The summed E-state index contributed by atoms with van der Waals surface area (Å²) in [6.45, 7) is 1.83. The number of aryl methyl sites for hydroxylation is 1. The molecule has 0 fully saturated rings. The highest BCUT2D eigenvalue weighted by atomic mass is 19.3. The summed E-state index contributed by atoms with van der Waals surface area (Å²) < 4.78 is 36.7. The van der Waals surface area contributed by atoms with Crippen LogP contribution in [0.5, 0.6) is 6.01 Å². The van der Waals surface area contributed by atoms with E-state index in [1.807, 2.05) is 0 Å². The van der Waals surface area contributed by atoms with Crippen LogP contribution in [0.3, 0.4) is 0 Å². The monoisotopic (exact) mass is 363 g/mol. The summed E-state index contributed by atoms with van der Waals surface area (Å²) in [6, 6.07) is 4.41. The van der Waals surface area contributed by atoms with Gasteiger partial charge in [-0.15, -0.1) is 0 Å². The number of hydrogen-bond donors (Lipinski definition) is 0. The fraction of sp³-hybridized carbons (Fsp3) is 0.312. The molecule has 8 nitrogen and oxygen atoms in total. The van der Waals surface area contributed by atoms with Crippen molar-refractivity contribution in [1.82, 2.24) is 24.9 Å². The zero-order chi connectivity index (χ0) is 18.7. The average Bonchev–Trinajstić information content (AvgIpc) is 3.00. The number of ether oxygens (including phenoxy) is 1. The lowest BCUT2D eigenvalue weighted by atomic mass is 10.2. The van der Waals surface area contributed by atoms with Crippen LogP contribution in [0.2, 0.25) is 0 Å². The Morgan fingerprint density at radius 3 is 2.62 bits per heavy atom. The van der Waals surface area contributed by atoms with E-state index in [1.54, 1.807) is 13.0 Å². The molecule has 0 atom stereocenters. The lowest BCUT2D eigenvalue weighted by molar-refractivity contribution is -0.0256. The Hall–Kier alpha value is -3.17. The second-order valence-electron chi connectivity index (χ2n) is 5.76. The third kappa shape index (κ3) is 4.47. The van der Waals surface area contributed by atoms with Gasteiger partial charge in [0.05, 0.1) is 11.4 Å². The minimum absolute atomic E-state index is 0.126. The molecule has 10 heteroatoms. The fourth-order valence-corrected chi connectivity index (χ4v) is 2.07. The first kappa shape index (κ1) is 17.6. The van der Waals surface area contributed by atoms with E-state index in [9.17, 15) is 13.6 Å². The first-order chi connectivity index (χ1) is 12.3. The zero-order valence-electron chi connectivity index (χ0n) is 14.0. The van der Waals surface area contributed by atoms with E-state index in [0.29, 0.717) is 22.7 Å². The molecule has 3 rings (SSSR count).